The number of carbonyl (C=O) groups excluding carboxylic acids is 1. The van der Waals surface area contributed by atoms with Crippen molar-refractivity contribution in [2.45, 2.75) is 44.8 Å². The Morgan fingerprint density at radius 2 is 2.28 bits per heavy atom. The van der Waals surface area contributed by atoms with Gasteiger partial charge < -0.3 is 19.7 Å². The first-order chi connectivity index (χ1) is 12.1. The standard InChI is InChI=1S/C20H26N2O3/c1-15(9-10-19-8-4-12-25-19)21-17-6-2-5-16(13-17)20(24)22-11-3-7-18(23)14-22/h2,4-6,8,12-13,15,18,21,23H,3,7,9-11,14H2,1H3. The predicted octanol–water partition coefficient (Wildman–Crippen LogP) is 3.31. The van der Waals surface area contributed by atoms with Crippen LogP contribution in [0, 0.1) is 0 Å². The van der Waals surface area contributed by atoms with E-state index in [1.165, 1.54) is 0 Å². The zero-order valence-electron chi connectivity index (χ0n) is 14.6. The number of anilines is 1. The fourth-order valence-corrected chi connectivity index (χ4v) is 3.23. The average Bonchev–Trinajstić information content (AvgIpc) is 3.13. The normalized spacial score (nSPS) is 18.8. The summed E-state index contributed by atoms with van der Waals surface area (Å²) < 4.78 is 5.36. The molecule has 2 heterocycles. The van der Waals surface area contributed by atoms with Crippen LogP contribution < -0.4 is 5.32 Å². The Labute approximate surface area is 148 Å². The fraction of sp³-hybridized carbons (Fsp3) is 0.450. The lowest BCUT2D eigenvalue weighted by atomic mass is 10.1. The van der Waals surface area contributed by atoms with E-state index in [1.54, 1.807) is 11.2 Å². The third kappa shape index (κ3) is 4.86. The van der Waals surface area contributed by atoms with Crippen molar-refractivity contribution in [1.82, 2.24) is 4.90 Å². The molecule has 1 aromatic carbocycles. The molecule has 3 rings (SSSR count). The largest absolute Gasteiger partial charge is 0.469 e. The van der Waals surface area contributed by atoms with Crippen molar-refractivity contribution in [3.8, 4) is 0 Å². The van der Waals surface area contributed by atoms with E-state index in [0.29, 0.717) is 18.7 Å². The average molecular weight is 342 g/mol. The lowest BCUT2D eigenvalue weighted by Gasteiger charge is -2.30. The van der Waals surface area contributed by atoms with Crippen LogP contribution in [-0.4, -0.2) is 41.1 Å². The van der Waals surface area contributed by atoms with Gasteiger partial charge in [0.2, 0.25) is 0 Å². The van der Waals surface area contributed by atoms with Crippen molar-refractivity contribution in [3.05, 3.63) is 54.0 Å². The molecule has 0 radical (unpaired) electrons. The summed E-state index contributed by atoms with van der Waals surface area (Å²) >= 11 is 0. The highest BCUT2D eigenvalue weighted by atomic mass is 16.3. The summed E-state index contributed by atoms with van der Waals surface area (Å²) in [4.78, 5) is 14.4. The highest BCUT2D eigenvalue weighted by Gasteiger charge is 2.23. The van der Waals surface area contributed by atoms with Crippen LogP contribution in [0.15, 0.2) is 47.1 Å². The van der Waals surface area contributed by atoms with E-state index in [9.17, 15) is 9.90 Å². The minimum absolute atomic E-state index is 0.00867. The van der Waals surface area contributed by atoms with Crippen LogP contribution in [0.5, 0.6) is 0 Å². The second kappa shape index (κ2) is 8.21. The van der Waals surface area contributed by atoms with Gasteiger partial charge in [0.25, 0.3) is 5.91 Å². The molecule has 1 saturated heterocycles. The summed E-state index contributed by atoms with van der Waals surface area (Å²) in [6.07, 6.45) is 4.75. The maximum atomic E-state index is 12.6. The third-order valence-electron chi connectivity index (χ3n) is 4.61. The van der Waals surface area contributed by atoms with Gasteiger partial charge >= 0.3 is 0 Å². The van der Waals surface area contributed by atoms with E-state index < -0.39 is 6.10 Å². The number of piperidine rings is 1. The molecule has 1 fully saturated rings. The second-order valence-corrected chi connectivity index (χ2v) is 6.79. The number of hydrogen-bond acceptors (Lipinski definition) is 4. The van der Waals surface area contributed by atoms with Gasteiger partial charge in [-0.1, -0.05) is 6.07 Å². The topological polar surface area (TPSA) is 65.7 Å². The lowest BCUT2D eigenvalue weighted by molar-refractivity contribution is 0.0474. The van der Waals surface area contributed by atoms with Gasteiger partial charge in [0.05, 0.1) is 12.4 Å². The Bertz CT molecular complexity index is 684. The van der Waals surface area contributed by atoms with Crippen molar-refractivity contribution >= 4 is 11.6 Å². The van der Waals surface area contributed by atoms with Gasteiger partial charge in [0.1, 0.15) is 5.76 Å². The summed E-state index contributed by atoms with van der Waals surface area (Å²) in [6.45, 7) is 3.27. The molecule has 134 valence electrons. The van der Waals surface area contributed by atoms with Crippen LogP contribution in [0.2, 0.25) is 0 Å². The number of rotatable bonds is 6. The summed E-state index contributed by atoms with van der Waals surface area (Å²) in [7, 11) is 0. The molecule has 2 N–H and O–H groups in total. The Hall–Kier alpha value is -2.27. The summed E-state index contributed by atoms with van der Waals surface area (Å²) in [5.74, 6) is 0.979. The minimum Gasteiger partial charge on any atom is -0.469 e. The van der Waals surface area contributed by atoms with Crippen LogP contribution in [0.1, 0.15) is 42.3 Å². The van der Waals surface area contributed by atoms with Gasteiger partial charge in [-0.25, -0.2) is 0 Å². The molecule has 1 aliphatic heterocycles. The molecule has 1 aromatic heterocycles. The Kier molecular flexibility index (Phi) is 5.76. The van der Waals surface area contributed by atoms with Gasteiger partial charge in [0, 0.05) is 36.8 Å². The number of nitrogens with one attached hydrogen (secondary N) is 1. The molecule has 2 atom stereocenters. The van der Waals surface area contributed by atoms with Gasteiger partial charge in [0.15, 0.2) is 0 Å². The van der Waals surface area contributed by atoms with Crippen molar-refractivity contribution in [2.75, 3.05) is 18.4 Å². The number of aryl methyl sites for hydroxylation is 1. The number of hydrogen-bond donors (Lipinski definition) is 2. The third-order valence-corrected chi connectivity index (χ3v) is 4.61. The summed E-state index contributed by atoms with van der Waals surface area (Å²) in [5, 5.41) is 13.2. The Balaban J connectivity index is 1.57. The molecule has 5 heteroatoms. The molecule has 1 aliphatic rings. The molecule has 0 aliphatic carbocycles. The first-order valence-corrected chi connectivity index (χ1v) is 8.98. The van der Waals surface area contributed by atoms with Gasteiger partial charge in [-0.3, -0.25) is 4.79 Å². The summed E-state index contributed by atoms with van der Waals surface area (Å²) in [5.41, 5.74) is 1.60. The van der Waals surface area contributed by atoms with Crippen LogP contribution in [-0.2, 0) is 6.42 Å². The van der Waals surface area contributed by atoms with Crippen molar-refractivity contribution in [3.63, 3.8) is 0 Å². The predicted molar refractivity (Wildman–Crippen MR) is 97.7 cm³/mol. The number of benzene rings is 1. The molecule has 0 saturated carbocycles. The van der Waals surface area contributed by atoms with Crippen LogP contribution in [0.3, 0.4) is 0 Å². The Morgan fingerprint density at radius 1 is 1.40 bits per heavy atom. The highest BCUT2D eigenvalue weighted by molar-refractivity contribution is 5.95. The highest BCUT2D eigenvalue weighted by Crippen LogP contribution is 2.18. The molecule has 1 amide bonds. The van der Waals surface area contributed by atoms with E-state index in [4.69, 9.17) is 4.42 Å². The van der Waals surface area contributed by atoms with Crippen LogP contribution >= 0.6 is 0 Å². The summed E-state index contributed by atoms with van der Waals surface area (Å²) in [6, 6.07) is 11.8. The number of amides is 1. The molecule has 2 unspecified atom stereocenters. The number of likely N-dealkylation sites (tertiary alicyclic amines) is 1. The first kappa shape index (κ1) is 17.5. The molecule has 0 spiro atoms. The maximum Gasteiger partial charge on any atom is 0.254 e. The number of β-amino-alcohol motifs (C(OH)–C–C–N with tert-alkyl or cyclic N) is 1. The number of aliphatic hydroxyl groups excluding tert-OH is 1. The van der Waals surface area contributed by atoms with Crippen molar-refractivity contribution < 1.29 is 14.3 Å². The van der Waals surface area contributed by atoms with Gasteiger partial charge in [-0.05, 0) is 56.5 Å². The zero-order chi connectivity index (χ0) is 17.6. The van der Waals surface area contributed by atoms with E-state index in [1.807, 2.05) is 36.4 Å². The Morgan fingerprint density at radius 3 is 3.04 bits per heavy atom. The van der Waals surface area contributed by atoms with Crippen LogP contribution in [0.4, 0.5) is 5.69 Å². The van der Waals surface area contributed by atoms with E-state index in [-0.39, 0.29) is 11.9 Å². The van der Waals surface area contributed by atoms with Crippen molar-refractivity contribution in [1.29, 1.82) is 0 Å². The molecule has 5 nitrogen and oxygen atoms in total. The first-order valence-electron chi connectivity index (χ1n) is 8.98. The van der Waals surface area contributed by atoms with E-state index in [2.05, 4.69) is 12.2 Å². The molecule has 25 heavy (non-hydrogen) atoms. The lowest BCUT2D eigenvalue weighted by Crippen LogP contribution is -2.42. The van der Waals surface area contributed by atoms with E-state index in [0.717, 1.165) is 37.1 Å². The zero-order valence-corrected chi connectivity index (χ0v) is 14.6. The van der Waals surface area contributed by atoms with Crippen molar-refractivity contribution in [2.24, 2.45) is 0 Å². The van der Waals surface area contributed by atoms with Gasteiger partial charge in [-0.15, -0.1) is 0 Å². The fourth-order valence-electron chi connectivity index (χ4n) is 3.23. The number of carbonyl (C=O) groups is 1. The quantitative estimate of drug-likeness (QED) is 0.845. The maximum absolute atomic E-state index is 12.6. The molecule has 2 aromatic rings. The number of aliphatic hydroxyl groups is 1. The second-order valence-electron chi connectivity index (χ2n) is 6.79. The van der Waals surface area contributed by atoms with E-state index >= 15 is 0 Å². The molecular formula is C20H26N2O3. The number of nitrogens with zero attached hydrogens (tertiary/aromatic N) is 1. The monoisotopic (exact) mass is 342 g/mol. The SMILES string of the molecule is CC(CCc1ccco1)Nc1cccc(C(=O)N2CCCC(O)C2)c1. The number of furan rings is 1. The van der Waals surface area contributed by atoms with Crippen LogP contribution in [0.25, 0.3) is 0 Å². The molecular weight excluding hydrogens is 316 g/mol. The van der Waals surface area contributed by atoms with Gasteiger partial charge in [-0.2, -0.15) is 0 Å². The minimum atomic E-state index is -0.402. The smallest absolute Gasteiger partial charge is 0.254 e. The molecule has 0 bridgehead atoms.